The summed E-state index contributed by atoms with van der Waals surface area (Å²) >= 11 is 0. The zero-order chi connectivity index (χ0) is 14.8. The molecule has 2 N–H and O–H groups in total. The van der Waals surface area contributed by atoms with Crippen molar-refractivity contribution in [1.82, 2.24) is 10.6 Å². The van der Waals surface area contributed by atoms with E-state index in [0.717, 1.165) is 31.9 Å². The van der Waals surface area contributed by atoms with E-state index in [4.69, 9.17) is 0 Å². The van der Waals surface area contributed by atoms with E-state index in [1.165, 1.54) is 6.07 Å². The van der Waals surface area contributed by atoms with Crippen molar-refractivity contribution in [3.8, 4) is 0 Å². The van der Waals surface area contributed by atoms with Crippen LogP contribution in [-0.4, -0.2) is 38.0 Å². The summed E-state index contributed by atoms with van der Waals surface area (Å²) in [6.45, 7) is 3.48. The Morgan fingerprint density at radius 2 is 1.76 bits per heavy atom. The number of anilines is 1. The number of hydrogen-bond acceptors (Lipinski definition) is 4. The molecule has 0 atom stereocenters. The summed E-state index contributed by atoms with van der Waals surface area (Å²) in [5, 5.41) is 5.50. The minimum Gasteiger partial charge on any atom is -0.369 e. The third kappa shape index (κ3) is 3.05. The standard InChI is InChI=1S/C15H18FN3O2/c16-13-9-11(19-5-3-17-4-6-19)1-2-12(13)10-7-14(20)18-15(21)8-10/h1-2,9-10,17H,3-8H2,(H,18,20,21). The Morgan fingerprint density at radius 3 is 2.38 bits per heavy atom. The second kappa shape index (κ2) is 5.81. The van der Waals surface area contributed by atoms with E-state index in [-0.39, 0.29) is 36.4 Å². The van der Waals surface area contributed by atoms with Gasteiger partial charge >= 0.3 is 0 Å². The quantitative estimate of drug-likeness (QED) is 0.790. The molecule has 0 aliphatic carbocycles. The Hall–Kier alpha value is -1.95. The highest BCUT2D eigenvalue weighted by Crippen LogP contribution is 2.30. The van der Waals surface area contributed by atoms with Crippen molar-refractivity contribution in [2.45, 2.75) is 18.8 Å². The van der Waals surface area contributed by atoms with Crippen LogP contribution in [0, 0.1) is 5.82 Å². The number of nitrogens with zero attached hydrogens (tertiary/aromatic N) is 1. The molecule has 6 heteroatoms. The molecule has 5 nitrogen and oxygen atoms in total. The molecule has 2 amide bonds. The van der Waals surface area contributed by atoms with Crippen LogP contribution in [0.25, 0.3) is 0 Å². The number of carbonyl (C=O) groups is 2. The van der Waals surface area contributed by atoms with Crippen molar-refractivity contribution < 1.29 is 14.0 Å². The molecule has 0 bridgehead atoms. The SMILES string of the molecule is O=C1CC(c2ccc(N3CCNCC3)cc2F)CC(=O)N1. The number of amides is 2. The molecule has 2 aliphatic rings. The predicted molar refractivity (Wildman–Crippen MR) is 76.6 cm³/mol. The molecule has 0 spiro atoms. The average Bonchev–Trinajstić information content (AvgIpc) is 2.47. The third-order valence-electron chi connectivity index (χ3n) is 4.05. The highest BCUT2D eigenvalue weighted by atomic mass is 19.1. The third-order valence-corrected chi connectivity index (χ3v) is 4.05. The molecule has 0 saturated carbocycles. The van der Waals surface area contributed by atoms with Gasteiger partial charge in [0.1, 0.15) is 5.82 Å². The van der Waals surface area contributed by atoms with Gasteiger partial charge < -0.3 is 10.2 Å². The fourth-order valence-electron chi connectivity index (χ4n) is 2.96. The maximum absolute atomic E-state index is 14.4. The zero-order valence-electron chi connectivity index (χ0n) is 11.7. The number of carbonyl (C=O) groups excluding carboxylic acids is 2. The molecule has 0 radical (unpaired) electrons. The smallest absolute Gasteiger partial charge is 0.227 e. The highest BCUT2D eigenvalue weighted by Gasteiger charge is 2.28. The molecule has 1 aromatic carbocycles. The van der Waals surface area contributed by atoms with Crippen LogP contribution in [0.3, 0.4) is 0 Å². The van der Waals surface area contributed by atoms with Crippen LogP contribution < -0.4 is 15.5 Å². The topological polar surface area (TPSA) is 61.4 Å². The average molecular weight is 291 g/mol. The molecule has 112 valence electrons. The van der Waals surface area contributed by atoms with Crippen molar-refractivity contribution in [1.29, 1.82) is 0 Å². The van der Waals surface area contributed by atoms with E-state index in [1.807, 2.05) is 6.07 Å². The number of nitrogens with one attached hydrogen (secondary N) is 2. The van der Waals surface area contributed by atoms with Crippen LogP contribution in [-0.2, 0) is 9.59 Å². The molecule has 0 aromatic heterocycles. The fraction of sp³-hybridized carbons (Fsp3) is 0.467. The molecular weight excluding hydrogens is 273 g/mol. The van der Waals surface area contributed by atoms with Gasteiger partial charge in [-0.25, -0.2) is 4.39 Å². The molecule has 2 saturated heterocycles. The first-order valence-corrected chi connectivity index (χ1v) is 7.21. The summed E-state index contributed by atoms with van der Waals surface area (Å²) < 4.78 is 14.4. The van der Waals surface area contributed by atoms with Crippen LogP contribution in [0.15, 0.2) is 18.2 Å². The fourth-order valence-corrected chi connectivity index (χ4v) is 2.96. The lowest BCUT2D eigenvalue weighted by molar-refractivity contribution is -0.133. The summed E-state index contributed by atoms with van der Waals surface area (Å²) in [5.74, 6) is -1.36. The van der Waals surface area contributed by atoms with Crippen molar-refractivity contribution in [3.63, 3.8) is 0 Å². The molecule has 0 unspecified atom stereocenters. The van der Waals surface area contributed by atoms with Crippen LogP contribution in [0.1, 0.15) is 24.3 Å². The number of benzene rings is 1. The van der Waals surface area contributed by atoms with Crippen molar-refractivity contribution in [2.75, 3.05) is 31.1 Å². The predicted octanol–water partition coefficient (Wildman–Crippen LogP) is 0.755. The molecule has 3 rings (SSSR count). The van der Waals surface area contributed by atoms with Crippen molar-refractivity contribution in [2.24, 2.45) is 0 Å². The lowest BCUT2D eigenvalue weighted by atomic mass is 9.89. The maximum Gasteiger partial charge on any atom is 0.227 e. The lowest BCUT2D eigenvalue weighted by Crippen LogP contribution is -2.43. The summed E-state index contributed by atoms with van der Waals surface area (Å²) in [5.41, 5.74) is 1.31. The van der Waals surface area contributed by atoms with Gasteiger partial charge in [-0.1, -0.05) is 6.07 Å². The van der Waals surface area contributed by atoms with Crippen molar-refractivity contribution >= 4 is 17.5 Å². The molecule has 21 heavy (non-hydrogen) atoms. The van der Waals surface area contributed by atoms with Gasteiger partial charge in [-0.2, -0.15) is 0 Å². The van der Waals surface area contributed by atoms with Gasteiger partial charge in [-0.3, -0.25) is 14.9 Å². The summed E-state index contributed by atoms with van der Waals surface area (Å²) in [6, 6.07) is 5.10. The number of halogens is 1. The van der Waals surface area contributed by atoms with Crippen LogP contribution in [0.2, 0.25) is 0 Å². The van der Waals surface area contributed by atoms with Crippen LogP contribution >= 0.6 is 0 Å². The Balaban J connectivity index is 1.80. The molecule has 1 aromatic rings. The normalized spacial score (nSPS) is 20.5. The van der Waals surface area contributed by atoms with E-state index in [2.05, 4.69) is 15.5 Å². The van der Waals surface area contributed by atoms with Gasteiger partial charge in [-0.05, 0) is 17.7 Å². The minimum atomic E-state index is -0.358. The maximum atomic E-state index is 14.4. The van der Waals surface area contributed by atoms with E-state index in [0.29, 0.717) is 5.56 Å². The lowest BCUT2D eigenvalue weighted by Gasteiger charge is -2.30. The van der Waals surface area contributed by atoms with E-state index >= 15 is 0 Å². The van der Waals surface area contributed by atoms with E-state index in [1.54, 1.807) is 6.07 Å². The minimum absolute atomic E-state index is 0.162. The number of imide groups is 1. The van der Waals surface area contributed by atoms with Gasteiger partial charge in [0.05, 0.1) is 0 Å². The van der Waals surface area contributed by atoms with Crippen molar-refractivity contribution in [3.05, 3.63) is 29.6 Å². The number of hydrogen-bond donors (Lipinski definition) is 2. The Kier molecular flexibility index (Phi) is 3.88. The second-order valence-corrected chi connectivity index (χ2v) is 5.52. The van der Waals surface area contributed by atoms with Gasteiger partial charge in [-0.15, -0.1) is 0 Å². The van der Waals surface area contributed by atoms with Crippen LogP contribution in [0.5, 0.6) is 0 Å². The molecule has 2 aliphatic heterocycles. The Bertz CT molecular complexity index is 554. The summed E-state index contributed by atoms with van der Waals surface area (Å²) in [4.78, 5) is 25.0. The highest BCUT2D eigenvalue weighted by molar-refractivity contribution is 5.98. The second-order valence-electron chi connectivity index (χ2n) is 5.52. The first kappa shape index (κ1) is 14.0. The summed E-state index contributed by atoms with van der Waals surface area (Å²) in [7, 11) is 0. The van der Waals surface area contributed by atoms with E-state index < -0.39 is 0 Å². The van der Waals surface area contributed by atoms with Gasteiger partial charge in [0.2, 0.25) is 11.8 Å². The number of rotatable bonds is 2. The first-order chi connectivity index (χ1) is 10.1. The first-order valence-electron chi connectivity index (χ1n) is 7.21. The van der Waals surface area contributed by atoms with Crippen LogP contribution in [0.4, 0.5) is 10.1 Å². The largest absolute Gasteiger partial charge is 0.369 e. The monoisotopic (exact) mass is 291 g/mol. The Labute approximate surface area is 122 Å². The summed E-state index contributed by atoms with van der Waals surface area (Å²) in [6.07, 6.45) is 0.325. The van der Waals surface area contributed by atoms with Gasteiger partial charge in [0.25, 0.3) is 0 Å². The Morgan fingerprint density at radius 1 is 1.10 bits per heavy atom. The van der Waals surface area contributed by atoms with Gasteiger partial charge in [0.15, 0.2) is 0 Å². The number of piperidine rings is 1. The molecule has 2 heterocycles. The molecule has 2 fully saturated rings. The van der Waals surface area contributed by atoms with Gasteiger partial charge in [0, 0.05) is 50.6 Å². The zero-order valence-corrected chi connectivity index (χ0v) is 11.7. The van der Waals surface area contributed by atoms with E-state index in [9.17, 15) is 14.0 Å². The molecular formula is C15H18FN3O2. The number of piperazine rings is 1.